The molecule has 0 atom stereocenters. The van der Waals surface area contributed by atoms with Gasteiger partial charge in [0.25, 0.3) is 0 Å². The molecule has 3 nitrogen and oxygen atoms in total. The molecule has 2 N–H and O–H groups in total. The molecule has 0 saturated carbocycles. The normalized spacial score (nSPS) is 11.2. The highest BCUT2D eigenvalue weighted by atomic mass is 15.1. The summed E-state index contributed by atoms with van der Waals surface area (Å²) in [7, 11) is 0. The molecule has 1 aromatic heterocycles. The van der Waals surface area contributed by atoms with Gasteiger partial charge in [0.1, 0.15) is 0 Å². The van der Waals surface area contributed by atoms with Crippen molar-refractivity contribution in [2.45, 2.75) is 40.3 Å². The third kappa shape index (κ3) is 2.99. The lowest BCUT2D eigenvalue weighted by Crippen LogP contribution is -2.21. The van der Waals surface area contributed by atoms with E-state index in [1.807, 2.05) is 0 Å². The zero-order chi connectivity index (χ0) is 13.1. The van der Waals surface area contributed by atoms with Crippen LogP contribution in [0.25, 0.3) is 11.3 Å². The van der Waals surface area contributed by atoms with E-state index in [1.54, 1.807) is 0 Å². The van der Waals surface area contributed by atoms with Gasteiger partial charge in [-0.3, -0.25) is 5.10 Å². The third-order valence-electron chi connectivity index (χ3n) is 3.00. The van der Waals surface area contributed by atoms with E-state index in [-0.39, 0.29) is 0 Å². The molecule has 1 aromatic carbocycles. The molecule has 0 aliphatic heterocycles. The van der Waals surface area contributed by atoms with Crippen LogP contribution in [-0.2, 0) is 6.54 Å². The van der Waals surface area contributed by atoms with E-state index in [1.165, 1.54) is 16.7 Å². The van der Waals surface area contributed by atoms with Crippen LogP contribution in [0.5, 0.6) is 0 Å². The Morgan fingerprint density at radius 1 is 1.22 bits per heavy atom. The maximum absolute atomic E-state index is 4.40. The van der Waals surface area contributed by atoms with Crippen molar-refractivity contribution in [1.82, 2.24) is 15.5 Å². The second kappa shape index (κ2) is 5.36. The first-order chi connectivity index (χ1) is 8.56. The molecular weight excluding hydrogens is 222 g/mol. The summed E-state index contributed by atoms with van der Waals surface area (Å²) in [5, 5.41) is 10.9. The topological polar surface area (TPSA) is 40.7 Å². The Bertz CT molecular complexity index is 526. The van der Waals surface area contributed by atoms with Gasteiger partial charge >= 0.3 is 0 Å². The molecule has 0 bridgehead atoms. The van der Waals surface area contributed by atoms with Gasteiger partial charge in [0, 0.05) is 23.8 Å². The molecule has 0 radical (unpaired) electrons. The first-order valence-electron chi connectivity index (χ1n) is 6.41. The van der Waals surface area contributed by atoms with Gasteiger partial charge < -0.3 is 5.32 Å². The van der Waals surface area contributed by atoms with Gasteiger partial charge in [-0.15, -0.1) is 0 Å². The molecule has 0 unspecified atom stereocenters. The van der Waals surface area contributed by atoms with Crippen molar-refractivity contribution in [1.29, 1.82) is 0 Å². The van der Waals surface area contributed by atoms with Crippen LogP contribution in [0.15, 0.2) is 24.3 Å². The highest BCUT2D eigenvalue weighted by molar-refractivity contribution is 5.64. The van der Waals surface area contributed by atoms with Crippen LogP contribution in [0.4, 0.5) is 0 Å². The fraction of sp³-hybridized carbons (Fsp3) is 0.400. The summed E-state index contributed by atoms with van der Waals surface area (Å²) >= 11 is 0. The minimum absolute atomic E-state index is 0.484. The Kier molecular flexibility index (Phi) is 3.82. The lowest BCUT2D eigenvalue weighted by Gasteiger charge is -2.05. The Labute approximate surface area is 109 Å². The first kappa shape index (κ1) is 12.8. The number of benzene rings is 1. The maximum atomic E-state index is 4.40. The van der Waals surface area contributed by atoms with E-state index in [2.05, 4.69) is 67.5 Å². The van der Waals surface area contributed by atoms with Crippen molar-refractivity contribution in [2.24, 2.45) is 0 Å². The number of aromatic nitrogens is 2. The Morgan fingerprint density at radius 3 is 2.72 bits per heavy atom. The van der Waals surface area contributed by atoms with E-state index in [0.29, 0.717) is 6.04 Å². The Hall–Kier alpha value is -1.61. The van der Waals surface area contributed by atoms with Crippen LogP contribution in [0.2, 0.25) is 0 Å². The van der Waals surface area contributed by atoms with E-state index in [9.17, 15) is 0 Å². The SMILES string of the molecule is Cc1ccc(C)c(-c2cc(CNC(C)C)[nH]n2)c1. The van der Waals surface area contributed by atoms with Crippen LogP contribution < -0.4 is 5.32 Å². The summed E-state index contributed by atoms with van der Waals surface area (Å²) in [4.78, 5) is 0. The van der Waals surface area contributed by atoms with E-state index < -0.39 is 0 Å². The average Bonchev–Trinajstić information content (AvgIpc) is 2.78. The molecule has 18 heavy (non-hydrogen) atoms. The lowest BCUT2D eigenvalue weighted by molar-refractivity contribution is 0.580. The van der Waals surface area contributed by atoms with Gasteiger partial charge in [-0.2, -0.15) is 5.10 Å². The molecule has 0 fully saturated rings. The van der Waals surface area contributed by atoms with Gasteiger partial charge in [-0.25, -0.2) is 0 Å². The van der Waals surface area contributed by atoms with Gasteiger partial charge in [0.15, 0.2) is 0 Å². The van der Waals surface area contributed by atoms with Crippen LogP contribution in [0, 0.1) is 13.8 Å². The molecular formula is C15H21N3. The Balaban J connectivity index is 2.21. The van der Waals surface area contributed by atoms with Crippen LogP contribution in [0.1, 0.15) is 30.7 Å². The second-order valence-electron chi connectivity index (χ2n) is 5.13. The molecule has 0 aliphatic rings. The number of H-pyrrole nitrogens is 1. The molecule has 0 spiro atoms. The number of nitrogens with one attached hydrogen (secondary N) is 2. The van der Waals surface area contributed by atoms with Crippen LogP contribution >= 0.6 is 0 Å². The monoisotopic (exact) mass is 243 g/mol. The molecule has 0 amide bonds. The highest BCUT2D eigenvalue weighted by Crippen LogP contribution is 2.23. The van der Waals surface area contributed by atoms with Gasteiger partial charge in [0.05, 0.1) is 5.69 Å². The largest absolute Gasteiger partial charge is 0.309 e. The predicted octanol–water partition coefficient (Wildman–Crippen LogP) is 3.19. The lowest BCUT2D eigenvalue weighted by atomic mass is 10.0. The fourth-order valence-electron chi connectivity index (χ4n) is 1.92. The van der Waals surface area contributed by atoms with E-state index in [0.717, 1.165) is 17.9 Å². The zero-order valence-electron chi connectivity index (χ0n) is 11.5. The molecule has 1 heterocycles. The average molecular weight is 243 g/mol. The number of hydrogen-bond acceptors (Lipinski definition) is 2. The summed E-state index contributed by atoms with van der Waals surface area (Å²) < 4.78 is 0. The summed E-state index contributed by atoms with van der Waals surface area (Å²) in [5.74, 6) is 0. The van der Waals surface area contributed by atoms with Crippen molar-refractivity contribution in [3.05, 3.63) is 41.1 Å². The Morgan fingerprint density at radius 2 is 2.00 bits per heavy atom. The van der Waals surface area contributed by atoms with Crippen molar-refractivity contribution < 1.29 is 0 Å². The molecule has 0 aliphatic carbocycles. The summed E-state index contributed by atoms with van der Waals surface area (Å²) in [6.07, 6.45) is 0. The fourth-order valence-corrected chi connectivity index (χ4v) is 1.92. The molecule has 2 aromatic rings. The first-order valence-corrected chi connectivity index (χ1v) is 6.41. The number of rotatable bonds is 4. The van der Waals surface area contributed by atoms with Gasteiger partial charge in [0.2, 0.25) is 0 Å². The van der Waals surface area contributed by atoms with Crippen LogP contribution in [-0.4, -0.2) is 16.2 Å². The molecule has 3 heteroatoms. The van der Waals surface area contributed by atoms with E-state index in [4.69, 9.17) is 0 Å². The van der Waals surface area contributed by atoms with Crippen LogP contribution in [0.3, 0.4) is 0 Å². The number of nitrogens with zero attached hydrogens (tertiary/aromatic N) is 1. The molecule has 2 rings (SSSR count). The van der Waals surface area contributed by atoms with Crippen molar-refractivity contribution in [3.8, 4) is 11.3 Å². The minimum atomic E-state index is 0.484. The minimum Gasteiger partial charge on any atom is -0.309 e. The van der Waals surface area contributed by atoms with Gasteiger partial charge in [-0.1, -0.05) is 31.5 Å². The second-order valence-corrected chi connectivity index (χ2v) is 5.13. The third-order valence-corrected chi connectivity index (χ3v) is 3.00. The van der Waals surface area contributed by atoms with Gasteiger partial charge in [-0.05, 0) is 31.5 Å². The zero-order valence-corrected chi connectivity index (χ0v) is 11.5. The summed E-state index contributed by atoms with van der Waals surface area (Å²) in [6, 6.07) is 9.07. The standard InChI is InChI=1S/C15H21N3/c1-10(2)16-9-13-8-15(18-17-13)14-7-11(3)5-6-12(14)4/h5-8,10,16H,9H2,1-4H3,(H,17,18). The number of aromatic amines is 1. The van der Waals surface area contributed by atoms with Crippen molar-refractivity contribution in [2.75, 3.05) is 0 Å². The molecule has 0 saturated heterocycles. The molecule has 96 valence electrons. The summed E-state index contributed by atoms with van der Waals surface area (Å²) in [5.41, 5.74) is 5.88. The summed E-state index contributed by atoms with van der Waals surface area (Å²) in [6.45, 7) is 9.34. The van der Waals surface area contributed by atoms with Crippen molar-refractivity contribution in [3.63, 3.8) is 0 Å². The van der Waals surface area contributed by atoms with E-state index >= 15 is 0 Å². The highest BCUT2D eigenvalue weighted by Gasteiger charge is 2.07. The maximum Gasteiger partial charge on any atom is 0.0926 e. The number of aryl methyl sites for hydroxylation is 2. The predicted molar refractivity (Wildman–Crippen MR) is 75.5 cm³/mol. The smallest absolute Gasteiger partial charge is 0.0926 e. The van der Waals surface area contributed by atoms with Crippen molar-refractivity contribution >= 4 is 0 Å². The number of hydrogen-bond donors (Lipinski definition) is 2. The quantitative estimate of drug-likeness (QED) is 0.865.